The van der Waals surface area contributed by atoms with Gasteiger partial charge in [0, 0.05) is 35.6 Å². The predicted molar refractivity (Wildman–Crippen MR) is 183 cm³/mol. The van der Waals surface area contributed by atoms with Crippen LogP contribution in [0.15, 0.2) is 10.6 Å². The number of nitrogens with one attached hydrogen (secondary N) is 2. The van der Waals surface area contributed by atoms with E-state index in [9.17, 15) is 10.1 Å². The zero-order chi connectivity index (χ0) is 35.3. The maximum Gasteiger partial charge on any atom is 0.331 e. The largest absolute Gasteiger partial charge is 0.476 e. The third kappa shape index (κ3) is 5.62. The minimum absolute atomic E-state index is 0.0213. The predicted octanol–water partition coefficient (Wildman–Crippen LogP) is 4.31. The number of aryl methyl sites for hydroxylation is 1. The van der Waals surface area contributed by atoms with Gasteiger partial charge in [0.25, 0.3) is 0 Å². The van der Waals surface area contributed by atoms with E-state index >= 15 is 0 Å². The summed E-state index contributed by atoms with van der Waals surface area (Å²) in [5.41, 5.74) is 9.38. The number of carbonyl (C=O) groups excluding carboxylic acids is 1. The Morgan fingerprint density at radius 2 is 2.08 bits per heavy atom. The summed E-state index contributed by atoms with van der Waals surface area (Å²) in [6.07, 6.45) is 7.84. The van der Waals surface area contributed by atoms with Crippen molar-refractivity contribution in [3.8, 4) is 35.4 Å². The minimum atomic E-state index is -0.712. The van der Waals surface area contributed by atoms with Crippen molar-refractivity contribution in [2.24, 2.45) is 5.92 Å². The van der Waals surface area contributed by atoms with E-state index < -0.39 is 17.3 Å². The highest BCUT2D eigenvalue weighted by Crippen LogP contribution is 2.55. The Morgan fingerprint density at radius 1 is 1.30 bits per heavy atom. The van der Waals surface area contributed by atoms with Gasteiger partial charge in [-0.1, -0.05) is 5.16 Å². The van der Waals surface area contributed by atoms with Gasteiger partial charge >= 0.3 is 12.0 Å². The lowest BCUT2D eigenvalue weighted by Gasteiger charge is -2.39. The van der Waals surface area contributed by atoms with Crippen molar-refractivity contribution < 1.29 is 18.8 Å². The number of nitrogens with zero attached hydrogens (tertiary/aromatic N) is 8. The Hall–Kier alpha value is -5.06. The molecule has 1 aliphatic heterocycles. The summed E-state index contributed by atoms with van der Waals surface area (Å²) in [6, 6.07) is 5.87. The normalized spacial score (nSPS) is 23.8. The van der Waals surface area contributed by atoms with E-state index in [1.165, 1.54) is 29.7 Å². The van der Waals surface area contributed by atoms with E-state index in [-0.39, 0.29) is 37.2 Å². The molecule has 3 aromatic heterocycles. The molecule has 4 aliphatic rings. The van der Waals surface area contributed by atoms with Gasteiger partial charge in [0.2, 0.25) is 11.7 Å². The number of thiophene rings is 1. The first-order chi connectivity index (χ1) is 24.1. The number of rotatable bonds is 9. The molecule has 260 valence electrons. The zero-order valence-corrected chi connectivity index (χ0v) is 29.0. The first kappa shape index (κ1) is 33.4. The third-order valence-corrected chi connectivity index (χ3v) is 11.9. The van der Waals surface area contributed by atoms with Gasteiger partial charge < -0.3 is 24.6 Å². The number of piperidine rings is 1. The Kier molecular flexibility index (Phi) is 8.69. The smallest absolute Gasteiger partial charge is 0.331 e. The molecule has 0 bridgehead atoms. The number of likely N-dealkylation sites (tertiary alicyclic amines) is 1. The first-order valence-corrected chi connectivity index (χ1v) is 17.7. The molecule has 3 aromatic rings. The summed E-state index contributed by atoms with van der Waals surface area (Å²) in [6.45, 7) is 2.13. The van der Waals surface area contributed by atoms with Crippen molar-refractivity contribution in [2.45, 2.75) is 81.9 Å². The van der Waals surface area contributed by atoms with Crippen molar-refractivity contribution in [1.82, 2.24) is 29.8 Å². The fourth-order valence-corrected chi connectivity index (χ4v) is 9.36. The Bertz CT molecular complexity index is 1940. The molecule has 0 aromatic carbocycles. The van der Waals surface area contributed by atoms with E-state index in [1.54, 1.807) is 12.1 Å². The number of likely N-dealkylation sites (N-methyl/N-ethyl adjacent to an activating group) is 2. The second-order valence-electron chi connectivity index (χ2n) is 13.6. The lowest BCUT2D eigenvalue weighted by Crippen LogP contribution is -2.44. The summed E-state index contributed by atoms with van der Waals surface area (Å²) in [5.74, 6) is 1.02. The number of ether oxygens (including phenoxy) is 2. The lowest BCUT2D eigenvalue weighted by atomic mass is 9.63. The number of nitrogen functional groups attached to an aromatic ring is 1. The van der Waals surface area contributed by atoms with Gasteiger partial charge in [0.05, 0.1) is 23.9 Å². The van der Waals surface area contributed by atoms with Crippen LogP contribution in [-0.4, -0.2) is 93.5 Å². The number of nitriles is 2. The van der Waals surface area contributed by atoms with Crippen molar-refractivity contribution in [1.29, 1.82) is 21.3 Å². The standard InChI is InChI=1S/C34H39N11O4S/c1-18(23-12-19-13-24(19)44(23)3)48-32-40-22(14-27(41-32)47-11-10-43(2)33(46)45(17-37)26(38)16-36)29-20-6-4-8-34(30(20)49-42-29)9-5-7-25-28(34)21(15-35)31(39)50-25/h14,17-19,23-24,37-38H,4-13,39H2,1-3H3/t18-,19+,23-,24-,34-/m0/s1. The van der Waals surface area contributed by atoms with Crippen molar-refractivity contribution in [3.05, 3.63) is 33.4 Å². The molecule has 2 fully saturated rings. The number of aromatic nitrogens is 3. The second-order valence-corrected chi connectivity index (χ2v) is 14.8. The van der Waals surface area contributed by atoms with E-state index in [2.05, 4.69) is 28.2 Å². The number of fused-ring (bicyclic) bond motifs is 5. The molecule has 7 rings (SSSR count). The molecule has 15 nitrogen and oxygen atoms in total. The van der Waals surface area contributed by atoms with Crippen LogP contribution in [0, 0.1) is 39.4 Å². The molecule has 0 unspecified atom stereocenters. The number of urea groups is 1. The number of nitrogens with two attached hydrogens (primary N) is 1. The summed E-state index contributed by atoms with van der Waals surface area (Å²) in [7, 11) is 3.63. The van der Waals surface area contributed by atoms with Crippen molar-refractivity contribution in [2.75, 3.05) is 33.0 Å². The van der Waals surface area contributed by atoms with E-state index in [0.29, 0.717) is 45.2 Å². The van der Waals surface area contributed by atoms with Crippen LogP contribution in [0.3, 0.4) is 0 Å². The first-order valence-electron chi connectivity index (χ1n) is 16.8. The van der Waals surface area contributed by atoms with Gasteiger partial charge in [-0.3, -0.25) is 15.7 Å². The van der Waals surface area contributed by atoms with Gasteiger partial charge in [-0.2, -0.15) is 20.5 Å². The van der Waals surface area contributed by atoms with Crippen LogP contribution in [-0.2, 0) is 18.3 Å². The molecular formula is C34H39N11O4S. The zero-order valence-electron chi connectivity index (χ0n) is 28.2. The molecule has 1 spiro atoms. The lowest BCUT2D eigenvalue weighted by molar-refractivity contribution is 0.0966. The maximum atomic E-state index is 12.7. The summed E-state index contributed by atoms with van der Waals surface area (Å²) in [5, 5.41) is 39.3. The van der Waals surface area contributed by atoms with Gasteiger partial charge in [0.1, 0.15) is 41.2 Å². The molecule has 4 heterocycles. The molecular weight excluding hydrogens is 659 g/mol. The van der Waals surface area contributed by atoms with Crippen LogP contribution in [0.1, 0.15) is 72.8 Å². The fraction of sp³-hybridized carbons (Fsp3) is 0.529. The highest BCUT2D eigenvalue weighted by molar-refractivity contribution is 7.16. The van der Waals surface area contributed by atoms with Gasteiger partial charge in [0.15, 0.2) is 5.76 Å². The van der Waals surface area contributed by atoms with Crippen LogP contribution in [0.2, 0.25) is 0 Å². The third-order valence-electron chi connectivity index (χ3n) is 10.8. The molecule has 3 aliphatic carbocycles. The average Bonchev–Trinajstić information content (AvgIpc) is 3.41. The fourth-order valence-electron chi connectivity index (χ4n) is 8.20. The number of carbonyl (C=O) groups is 1. The Morgan fingerprint density at radius 3 is 2.78 bits per heavy atom. The van der Waals surface area contributed by atoms with Crippen LogP contribution in [0.4, 0.5) is 9.80 Å². The molecule has 2 amide bonds. The highest BCUT2D eigenvalue weighted by Gasteiger charge is 2.52. The van der Waals surface area contributed by atoms with Crippen LogP contribution >= 0.6 is 11.3 Å². The average molecular weight is 698 g/mol. The summed E-state index contributed by atoms with van der Waals surface area (Å²) >= 11 is 1.50. The quantitative estimate of drug-likeness (QED) is 0.211. The Labute approximate surface area is 293 Å². The molecule has 1 saturated heterocycles. The maximum absolute atomic E-state index is 12.7. The van der Waals surface area contributed by atoms with Crippen molar-refractivity contribution >= 4 is 34.5 Å². The number of hydrogen-bond acceptors (Lipinski definition) is 14. The number of hydrogen-bond donors (Lipinski definition) is 3. The molecule has 16 heteroatoms. The molecule has 4 N–H and O–H groups in total. The number of amidine groups is 1. The van der Waals surface area contributed by atoms with Crippen LogP contribution in [0.25, 0.3) is 11.4 Å². The van der Waals surface area contributed by atoms with Gasteiger partial charge in [-0.25, -0.2) is 9.69 Å². The molecule has 5 atom stereocenters. The van der Waals surface area contributed by atoms with Crippen LogP contribution in [0.5, 0.6) is 11.9 Å². The highest BCUT2D eigenvalue weighted by atomic mass is 32.1. The number of amides is 2. The number of anilines is 1. The minimum Gasteiger partial charge on any atom is -0.476 e. The Balaban J connectivity index is 1.19. The van der Waals surface area contributed by atoms with Crippen LogP contribution < -0.4 is 15.2 Å². The molecule has 0 radical (unpaired) electrons. The summed E-state index contributed by atoms with van der Waals surface area (Å²) in [4.78, 5) is 27.5. The van der Waals surface area contributed by atoms with Crippen molar-refractivity contribution in [3.63, 3.8) is 0 Å². The van der Waals surface area contributed by atoms with E-state index in [1.807, 2.05) is 6.92 Å². The van der Waals surface area contributed by atoms with E-state index in [0.717, 1.165) is 66.7 Å². The molecule has 50 heavy (non-hydrogen) atoms. The summed E-state index contributed by atoms with van der Waals surface area (Å²) < 4.78 is 18.7. The van der Waals surface area contributed by atoms with Gasteiger partial charge in [-0.15, -0.1) is 11.3 Å². The SMILES string of the molecule is C[C@H](Oc1nc(OCCN(C)C(=O)N(C=N)C(=N)C#N)cc(-c2noc3c2CCC[C@@]32CCCc3sc(N)c(C#N)c32)n1)[C@@H]1C[C@@H]2C[C@@H]2N1C. The monoisotopic (exact) mass is 697 g/mol. The van der Waals surface area contributed by atoms with Gasteiger partial charge in [-0.05, 0) is 76.8 Å². The topological polar surface area (TPSA) is 218 Å². The van der Waals surface area contributed by atoms with E-state index in [4.69, 9.17) is 40.8 Å². The second kappa shape index (κ2) is 13.0. The molecule has 1 saturated carbocycles.